The van der Waals surface area contributed by atoms with Crippen molar-refractivity contribution >= 4 is 93.0 Å². The Morgan fingerprint density at radius 3 is 1.38 bits per heavy atom. The summed E-state index contributed by atoms with van der Waals surface area (Å²) < 4.78 is 41.0. The van der Waals surface area contributed by atoms with Gasteiger partial charge in [0.25, 0.3) is 6.47 Å². The fourth-order valence-corrected chi connectivity index (χ4v) is 25.8. The van der Waals surface area contributed by atoms with E-state index in [9.17, 15) is 14.7 Å². The van der Waals surface area contributed by atoms with Gasteiger partial charge in [0.1, 0.15) is 13.1 Å². The van der Waals surface area contributed by atoms with Gasteiger partial charge in [-0.05, 0) is 245 Å². The molecule has 4 bridgehead atoms. The molecule has 21 heteroatoms. The lowest BCUT2D eigenvalue weighted by Crippen LogP contribution is -2.70. The van der Waals surface area contributed by atoms with E-state index >= 15 is 0 Å². The summed E-state index contributed by atoms with van der Waals surface area (Å²) in [5.41, 5.74) is 19.2. The number of para-hydroxylation sites is 4. The number of anilines is 2. The summed E-state index contributed by atoms with van der Waals surface area (Å²) in [5, 5.41) is 12.2. The van der Waals surface area contributed by atoms with Gasteiger partial charge in [-0.3, -0.25) is 9.59 Å². The van der Waals surface area contributed by atoms with E-state index < -0.39 is 47.9 Å². The van der Waals surface area contributed by atoms with Gasteiger partial charge in [-0.2, -0.15) is 9.15 Å². The summed E-state index contributed by atoms with van der Waals surface area (Å²) in [4.78, 5) is 52.8. The number of aliphatic hydroxyl groups is 1. The third-order valence-corrected chi connectivity index (χ3v) is 33.8. The van der Waals surface area contributed by atoms with Crippen molar-refractivity contribution in [1.82, 2.24) is 0 Å². The number of hydrogen-bond donors (Lipinski definition) is 1. The standard InChI is InChI=1S/C56H74ClN2O6.C41H52ClN2O2.C15H24O5.CH2Cl2/c1-9-10-17-35-58-45-24-15-13-22-43(45)53(4,5)47(58)31-28-39-20-19-21-40(50(39)57)29-32-48-54(6,7)44-23-14-16-25-46(44)59(48)36-18-11-12-26-49(60)61-51-38(3)42-30-27-37(2)41-33-34-55(8)63-52(62-51)56(41,42)65-64-55;1-6-7-13-27-43-35-21-11-9-19-33(35)40(2,3)37(43)25-23-31-17-16-18-32(39(31)42)24-26-38-41(4,5)34-20-10-12-22-36(34)44(38)28-14-8-15-29-46-30-45;1-8-4-5-11-9(2)12(16)17-13-15(11)10(8)6-7-14(3,18-13)19-20-15;2-1-3/h13-16,22-25,28-29,31-32,37-38,41-42,51-52H,9-12,17-21,26-27,30,33-36H2,1-8H3;9-12,19-26,30H,6-8,13-18,27-29H2,1-5H3;8-13,16H,4-7H2,1-3H3;1H2/q2*+1;;/t37-,38-,41+,42+,51?,52-,55+,56-;;8-,9-,10+,11+,12?,13-,14+,15-;/m1.1./s1. The highest BCUT2D eigenvalue weighted by molar-refractivity contribution is 6.40. The molecule has 0 amide bonds. The van der Waals surface area contributed by atoms with Crippen molar-refractivity contribution in [2.75, 3.05) is 47.9 Å². The van der Waals surface area contributed by atoms with E-state index in [0.717, 1.165) is 158 Å². The van der Waals surface area contributed by atoms with Gasteiger partial charge in [-0.1, -0.05) is 209 Å². The Morgan fingerprint density at radius 2 is 0.918 bits per heavy atom. The molecule has 0 aromatic heterocycles. The predicted molar refractivity (Wildman–Crippen MR) is 538 cm³/mol. The summed E-state index contributed by atoms with van der Waals surface area (Å²) >= 11 is 24.1. The molecule has 16 atom stereocenters. The van der Waals surface area contributed by atoms with Crippen molar-refractivity contribution in [2.24, 2.45) is 47.3 Å². The van der Waals surface area contributed by atoms with Crippen molar-refractivity contribution < 1.29 is 71.8 Å². The zero-order chi connectivity index (χ0) is 95.3. The van der Waals surface area contributed by atoms with Crippen molar-refractivity contribution in [3.05, 3.63) is 212 Å². The highest BCUT2D eigenvalue weighted by Gasteiger charge is 2.72. The minimum Gasteiger partial charge on any atom is -0.468 e. The third kappa shape index (κ3) is 20.3. The molecule has 12 aliphatic heterocycles. The molecule has 17 nitrogen and oxygen atoms in total. The molecule has 10 fully saturated rings. The van der Waals surface area contributed by atoms with Crippen LogP contribution in [0, 0.1) is 47.3 Å². The third-order valence-electron chi connectivity index (χ3n) is 32.8. The summed E-state index contributed by atoms with van der Waals surface area (Å²) in [6.45, 7) is 40.7. The van der Waals surface area contributed by atoms with Crippen molar-refractivity contribution in [3.63, 3.8) is 0 Å². The number of aliphatic hydroxyl groups excluding tert-OH is 1. The second-order valence-corrected chi connectivity index (χ2v) is 44.5. The summed E-state index contributed by atoms with van der Waals surface area (Å²) in [6, 6.07) is 35.4. The topological polar surface area (TPSA) is 159 Å². The van der Waals surface area contributed by atoms with Gasteiger partial charge in [-0.25, -0.2) is 19.6 Å². The number of rotatable bonds is 28. The van der Waals surface area contributed by atoms with Gasteiger partial charge in [0, 0.05) is 148 Å². The monoisotopic (exact) mass is 1910 g/mol. The minimum absolute atomic E-state index is 0.0338. The number of ether oxygens (including phenoxy) is 6. The van der Waals surface area contributed by atoms with Crippen LogP contribution in [0.15, 0.2) is 189 Å². The lowest BCUT2D eigenvalue weighted by atomic mass is 9.58. The van der Waals surface area contributed by atoms with Crippen LogP contribution in [-0.4, -0.2) is 124 Å². The van der Waals surface area contributed by atoms with E-state index in [2.05, 4.69) is 255 Å². The van der Waals surface area contributed by atoms with Gasteiger partial charge >= 0.3 is 5.97 Å². The number of hydrogen-bond acceptors (Lipinski definition) is 15. The zero-order valence-corrected chi connectivity index (χ0v) is 85.9. The van der Waals surface area contributed by atoms with Gasteiger partial charge < -0.3 is 43.3 Å². The predicted octanol–water partition coefficient (Wildman–Crippen LogP) is 27.5. The van der Waals surface area contributed by atoms with Crippen LogP contribution < -0.4 is 9.80 Å². The Morgan fingerprint density at radius 1 is 0.485 bits per heavy atom. The van der Waals surface area contributed by atoms with Crippen LogP contribution in [0.4, 0.5) is 22.7 Å². The van der Waals surface area contributed by atoms with Crippen LogP contribution in [-0.2, 0) is 79.2 Å². The molecule has 1 N–H and O–H groups in total. The highest BCUT2D eigenvalue weighted by atomic mass is 35.5. The first-order valence-electron chi connectivity index (χ1n) is 50.9. The van der Waals surface area contributed by atoms with E-state index in [1.807, 2.05) is 20.8 Å². The van der Waals surface area contributed by atoms with Crippen molar-refractivity contribution in [3.8, 4) is 0 Å². The molecule has 4 aliphatic carbocycles. The molecule has 4 aromatic carbocycles. The van der Waals surface area contributed by atoms with E-state index in [4.69, 9.17) is 94.4 Å². The van der Waals surface area contributed by atoms with Gasteiger partial charge in [0.05, 0.1) is 22.8 Å². The molecule has 12 heterocycles. The number of halogens is 4. The number of unbranched alkanes of at least 4 members (excludes halogenated alkanes) is 8. The summed E-state index contributed by atoms with van der Waals surface area (Å²) in [5.74, 6) is 0.205. The fourth-order valence-electron chi connectivity index (χ4n) is 25.2. The van der Waals surface area contributed by atoms with E-state index in [0.29, 0.717) is 37.3 Å². The molecule has 4 aromatic rings. The molecule has 728 valence electrons. The number of carbonyl (C=O) groups excluding carboxylic acids is 2. The number of allylic oxidation sites excluding steroid dienone is 16. The lowest BCUT2D eigenvalue weighted by Gasteiger charge is -2.59. The average molecular weight is 1920 g/mol. The number of fused-ring (bicyclic) bond motifs is 8. The van der Waals surface area contributed by atoms with Gasteiger partial charge in [0.2, 0.25) is 29.2 Å². The molecule has 2 unspecified atom stereocenters. The van der Waals surface area contributed by atoms with Gasteiger partial charge in [-0.15, -0.1) is 23.2 Å². The number of nitrogens with zero attached hydrogens (tertiary/aromatic N) is 4. The Hall–Kier alpha value is -6.52. The molecular weight excluding hydrogens is 1760 g/mol. The van der Waals surface area contributed by atoms with Crippen LogP contribution in [0.2, 0.25) is 0 Å². The second-order valence-electron chi connectivity index (χ2n) is 42.9. The first-order chi connectivity index (χ1) is 64.3. The molecule has 16 aliphatic rings. The molecule has 2 spiro atoms. The molecule has 20 rings (SSSR count). The zero-order valence-electron chi connectivity index (χ0n) is 82.8. The molecular formula is C113H152Cl4N4O13+2. The van der Waals surface area contributed by atoms with Crippen molar-refractivity contribution in [2.45, 2.75) is 354 Å². The maximum Gasteiger partial charge on any atom is 0.308 e. The first-order valence-corrected chi connectivity index (χ1v) is 52.8. The van der Waals surface area contributed by atoms with Crippen LogP contribution in [0.3, 0.4) is 0 Å². The largest absolute Gasteiger partial charge is 0.468 e. The molecule has 134 heavy (non-hydrogen) atoms. The number of carbonyl (C=O) groups is 2. The van der Waals surface area contributed by atoms with E-state index in [1.165, 1.54) is 135 Å². The minimum atomic E-state index is -0.860. The van der Waals surface area contributed by atoms with Crippen LogP contribution >= 0.6 is 46.4 Å². The Bertz CT molecular complexity index is 5190. The maximum absolute atomic E-state index is 13.4. The number of alkyl halides is 2. The van der Waals surface area contributed by atoms with E-state index in [-0.39, 0.29) is 62.6 Å². The Kier molecular flexibility index (Phi) is 32.9. The first kappa shape index (κ1) is 102. The van der Waals surface area contributed by atoms with Gasteiger partial charge in [0.15, 0.2) is 41.5 Å². The molecule has 0 radical (unpaired) electrons. The number of benzene rings is 4. The SMILES string of the molecule is CCCCC[N+]1=C(/C=C/C2=C(Cl)C(=C/C=C3/N(CCCCCC(=O)OC4O[C@@H]5O[C@]6(C)CC[C@H]7[C@H](C)CC[C@@H]([C@H]4C)[C@@]57OO6)c4ccccc4C3(C)C)/CCC2)C(C)(C)c2ccccc21.CCCCC[N+]1=C(/C=C/C2=C(Cl)C(=C/C=C3/N(CCCCCOC=O)c4ccccc4C3(C)C)/CCC2)C(C)(C)c2ccccc21.C[C@@H]1CC[C@H]2[C@@H](C)C(O)O[C@@H]3O[C@]4(C)CC[C@@H]1[C@]32OO4.ClCCl. The Labute approximate surface area is 820 Å². The highest BCUT2D eigenvalue weighted by Crippen LogP contribution is 2.63. The summed E-state index contributed by atoms with van der Waals surface area (Å²) in [7, 11) is 0. The van der Waals surface area contributed by atoms with Crippen molar-refractivity contribution in [1.29, 1.82) is 0 Å². The maximum atomic E-state index is 13.4. The molecule has 2 saturated carbocycles. The lowest BCUT2D eigenvalue weighted by molar-refractivity contribution is -0.576. The molecule has 8 saturated heterocycles. The van der Waals surface area contributed by atoms with Crippen LogP contribution in [0.5, 0.6) is 0 Å². The quantitative estimate of drug-likeness (QED) is 0.0143. The van der Waals surface area contributed by atoms with Crippen LogP contribution in [0.1, 0.15) is 306 Å². The average Bonchev–Trinajstić information content (AvgIpc) is 1.37. The van der Waals surface area contributed by atoms with Crippen LogP contribution in [0.25, 0.3) is 0 Å². The normalized spacial score (nSPS) is 32.5. The Balaban J connectivity index is 0.000000170. The summed E-state index contributed by atoms with van der Waals surface area (Å²) in [6.07, 6.45) is 43.0. The van der Waals surface area contributed by atoms with E-state index in [1.54, 1.807) is 0 Å². The fraction of sp³-hybridized carbons (Fsp3) is 0.611. The smallest absolute Gasteiger partial charge is 0.308 e. The second kappa shape index (κ2) is 43.3. The number of esters is 1.